The first-order valence-electron chi connectivity index (χ1n) is 9.67. The zero-order valence-corrected chi connectivity index (χ0v) is 16.0. The van der Waals surface area contributed by atoms with E-state index in [0.29, 0.717) is 12.1 Å². The molecule has 3 aromatic carbocycles. The van der Waals surface area contributed by atoms with E-state index in [-0.39, 0.29) is 0 Å². The third-order valence-electron chi connectivity index (χ3n) is 5.45. The van der Waals surface area contributed by atoms with Crippen LogP contribution >= 0.6 is 0 Å². The number of rotatable bonds is 6. The molecule has 4 aromatic rings. The minimum atomic E-state index is -0.904. The van der Waals surface area contributed by atoms with Gasteiger partial charge in [0.05, 0.1) is 11.3 Å². The number of carboxylic acids is 1. The lowest BCUT2D eigenvalue weighted by Crippen LogP contribution is -2.00. The molecule has 0 radical (unpaired) electrons. The molecule has 1 aromatic heterocycles. The topological polar surface area (TPSA) is 79.1 Å². The molecule has 0 atom stereocenters. The molecule has 0 amide bonds. The summed E-state index contributed by atoms with van der Waals surface area (Å²) in [5.41, 5.74) is 11.6. The van der Waals surface area contributed by atoms with Gasteiger partial charge in [0, 0.05) is 16.5 Å². The van der Waals surface area contributed by atoms with E-state index >= 15 is 0 Å². The van der Waals surface area contributed by atoms with Crippen LogP contribution in [-0.2, 0) is 6.42 Å². The van der Waals surface area contributed by atoms with E-state index in [1.807, 2.05) is 6.07 Å². The maximum Gasteiger partial charge on any atom is 0.335 e. The van der Waals surface area contributed by atoms with E-state index in [0.717, 1.165) is 41.4 Å². The number of hydrogen-bond acceptors (Lipinski definition) is 2. The van der Waals surface area contributed by atoms with Gasteiger partial charge in [-0.3, -0.25) is 0 Å². The molecule has 4 N–H and O–H groups in total. The molecule has 1 heterocycles. The van der Waals surface area contributed by atoms with E-state index in [1.54, 1.807) is 12.1 Å². The van der Waals surface area contributed by atoms with Crippen LogP contribution < -0.4 is 5.73 Å². The number of aromatic amines is 1. The third-order valence-corrected chi connectivity index (χ3v) is 5.45. The fourth-order valence-corrected chi connectivity index (χ4v) is 3.98. The molecule has 0 aliphatic rings. The van der Waals surface area contributed by atoms with Crippen LogP contribution in [0.25, 0.3) is 32.9 Å². The van der Waals surface area contributed by atoms with Gasteiger partial charge in [-0.05, 0) is 72.8 Å². The molecule has 4 heteroatoms. The van der Waals surface area contributed by atoms with Gasteiger partial charge < -0.3 is 15.8 Å². The summed E-state index contributed by atoms with van der Waals surface area (Å²) in [5, 5.41) is 12.8. The van der Waals surface area contributed by atoms with Gasteiger partial charge in [-0.2, -0.15) is 0 Å². The van der Waals surface area contributed by atoms with Crippen LogP contribution in [0.4, 0.5) is 0 Å². The Morgan fingerprint density at radius 3 is 2.54 bits per heavy atom. The predicted molar refractivity (Wildman–Crippen MR) is 115 cm³/mol. The highest BCUT2D eigenvalue weighted by atomic mass is 16.4. The van der Waals surface area contributed by atoms with Gasteiger partial charge in [0.15, 0.2) is 0 Å². The Labute approximate surface area is 164 Å². The minimum absolute atomic E-state index is 0.312. The van der Waals surface area contributed by atoms with Crippen LogP contribution in [0.5, 0.6) is 0 Å². The highest BCUT2D eigenvalue weighted by molar-refractivity contribution is 6.03. The molecular formula is C24H24N2O2. The molecule has 4 rings (SSSR count). The zero-order valence-electron chi connectivity index (χ0n) is 16.0. The van der Waals surface area contributed by atoms with Gasteiger partial charge >= 0.3 is 5.97 Å². The van der Waals surface area contributed by atoms with Crippen molar-refractivity contribution in [1.82, 2.24) is 4.98 Å². The molecule has 0 spiro atoms. The van der Waals surface area contributed by atoms with Crippen molar-refractivity contribution in [3.63, 3.8) is 0 Å². The predicted octanol–water partition coefficient (Wildman–Crippen LogP) is 5.28. The number of nitrogens with one attached hydrogen (secondary N) is 1. The number of aryl methyl sites for hydroxylation is 2. The Hall–Kier alpha value is -3.11. The summed E-state index contributed by atoms with van der Waals surface area (Å²) >= 11 is 0. The van der Waals surface area contributed by atoms with Gasteiger partial charge in [0.25, 0.3) is 0 Å². The molecule has 0 unspecified atom stereocenters. The molecule has 0 aliphatic carbocycles. The summed E-state index contributed by atoms with van der Waals surface area (Å²) in [6.45, 7) is 2.78. The monoisotopic (exact) mass is 372 g/mol. The second-order valence-corrected chi connectivity index (χ2v) is 7.27. The van der Waals surface area contributed by atoms with Crippen molar-refractivity contribution in [2.24, 2.45) is 5.73 Å². The third kappa shape index (κ3) is 3.16. The zero-order chi connectivity index (χ0) is 19.7. The summed E-state index contributed by atoms with van der Waals surface area (Å²) in [4.78, 5) is 15.0. The Morgan fingerprint density at radius 1 is 1.00 bits per heavy atom. The number of fused-ring (bicyclic) bond motifs is 2. The summed E-state index contributed by atoms with van der Waals surface area (Å²) in [6.07, 6.45) is 2.77. The maximum absolute atomic E-state index is 11.5. The van der Waals surface area contributed by atoms with Gasteiger partial charge in [-0.25, -0.2) is 4.79 Å². The standard InChI is InChI=1S/C24H24N2O2/c1-15-9-11-20(18-7-3-2-6-17(15)18)23-19(8-4-5-13-25)21-14-16(24(27)28)10-12-22(21)26-23/h2-3,6-7,9-12,14,26H,4-5,8,13,25H2,1H3,(H,27,28). The number of nitrogens with two attached hydrogens (primary N) is 1. The number of hydrogen-bond donors (Lipinski definition) is 3. The van der Waals surface area contributed by atoms with Gasteiger partial charge in [0.1, 0.15) is 0 Å². The van der Waals surface area contributed by atoms with Crippen molar-refractivity contribution < 1.29 is 9.90 Å². The average molecular weight is 372 g/mol. The van der Waals surface area contributed by atoms with Crippen LogP contribution in [0, 0.1) is 6.92 Å². The second kappa shape index (κ2) is 7.49. The Morgan fingerprint density at radius 2 is 1.79 bits per heavy atom. The average Bonchev–Trinajstić information content (AvgIpc) is 3.06. The fraction of sp³-hybridized carbons (Fsp3) is 0.208. The molecule has 0 saturated carbocycles. The number of carbonyl (C=O) groups is 1. The van der Waals surface area contributed by atoms with Gasteiger partial charge in [-0.15, -0.1) is 0 Å². The molecule has 0 aliphatic heterocycles. The van der Waals surface area contributed by atoms with Crippen molar-refractivity contribution in [2.75, 3.05) is 6.54 Å². The first-order valence-corrected chi connectivity index (χ1v) is 9.67. The number of benzene rings is 3. The Kier molecular flexibility index (Phi) is 4.88. The van der Waals surface area contributed by atoms with E-state index in [1.165, 1.54) is 21.9 Å². The van der Waals surface area contributed by atoms with Crippen molar-refractivity contribution >= 4 is 27.6 Å². The number of unbranched alkanes of at least 4 members (excludes halogenated alkanes) is 1. The van der Waals surface area contributed by atoms with Crippen molar-refractivity contribution in [1.29, 1.82) is 0 Å². The lowest BCUT2D eigenvalue weighted by Gasteiger charge is -2.11. The Bertz CT molecular complexity index is 1170. The molecule has 28 heavy (non-hydrogen) atoms. The highest BCUT2D eigenvalue weighted by Gasteiger charge is 2.17. The number of carboxylic acid groups (broad SMARTS) is 1. The SMILES string of the molecule is Cc1ccc(-c2[nH]c3ccc(C(=O)O)cc3c2CCCCN)c2ccccc12. The first kappa shape index (κ1) is 18.3. The number of aromatic carboxylic acids is 1. The molecule has 0 fully saturated rings. The fourth-order valence-electron chi connectivity index (χ4n) is 3.98. The summed E-state index contributed by atoms with van der Waals surface area (Å²) in [7, 11) is 0. The normalized spacial score (nSPS) is 11.4. The van der Waals surface area contributed by atoms with Crippen LogP contribution in [-0.4, -0.2) is 22.6 Å². The largest absolute Gasteiger partial charge is 0.478 e. The molecule has 0 bridgehead atoms. The quantitative estimate of drug-likeness (QED) is 0.403. The molecule has 142 valence electrons. The Balaban J connectivity index is 1.97. The minimum Gasteiger partial charge on any atom is -0.478 e. The number of H-pyrrole nitrogens is 1. The van der Waals surface area contributed by atoms with Crippen LogP contribution in [0.2, 0.25) is 0 Å². The first-order chi connectivity index (χ1) is 13.6. The molecule has 4 nitrogen and oxygen atoms in total. The van der Waals surface area contributed by atoms with Crippen LogP contribution in [0.15, 0.2) is 54.6 Å². The van der Waals surface area contributed by atoms with Crippen molar-refractivity contribution in [3.05, 3.63) is 71.3 Å². The number of aromatic nitrogens is 1. The molecule has 0 saturated heterocycles. The maximum atomic E-state index is 11.5. The van der Waals surface area contributed by atoms with E-state index in [2.05, 4.69) is 48.3 Å². The summed E-state index contributed by atoms with van der Waals surface area (Å²) in [6, 6.07) is 18.0. The highest BCUT2D eigenvalue weighted by Crippen LogP contribution is 2.36. The lowest BCUT2D eigenvalue weighted by molar-refractivity contribution is 0.0697. The molecular weight excluding hydrogens is 348 g/mol. The smallest absolute Gasteiger partial charge is 0.335 e. The van der Waals surface area contributed by atoms with Crippen LogP contribution in [0.3, 0.4) is 0 Å². The van der Waals surface area contributed by atoms with Crippen molar-refractivity contribution in [2.45, 2.75) is 26.2 Å². The van der Waals surface area contributed by atoms with E-state index < -0.39 is 5.97 Å². The lowest BCUT2D eigenvalue weighted by atomic mass is 9.94. The van der Waals surface area contributed by atoms with Crippen LogP contribution in [0.1, 0.15) is 34.3 Å². The van der Waals surface area contributed by atoms with Gasteiger partial charge in [0.2, 0.25) is 0 Å². The van der Waals surface area contributed by atoms with E-state index in [9.17, 15) is 9.90 Å². The van der Waals surface area contributed by atoms with Crippen molar-refractivity contribution in [3.8, 4) is 11.3 Å². The van der Waals surface area contributed by atoms with Gasteiger partial charge in [-0.1, -0.05) is 36.4 Å². The second-order valence-electron chi connectivity index (χ2n) is 7.27. The summed E-state index contributed by atoms with van der Waals surface area (Å²) in [5.74, 6) is -0.904. The summed E-state index contributed by atoms with van der Waals surface area (Å²) < 4.78 is 0. The van der Waals surface area contributed by atoms with E-state index in [4.69, 9.17) is 5.73 Å².